The molecule has 7 heteroatoms. The summed E-state index contributed by atoms with van der Waals surface area (Å²) in [6.07, 6.45) is 0. The molecule has 26 heavy (non-hydrogen) atoms. The SMILES string of the molecule is CCNC(=NCc1ccccc1CN(C)C)NCc1cc(Cl)c(Cl)n1C. The smallest absolute Gasteiger partial charge is 0.191 e. The minimum Gasteiger partial charge on any atom is -0.357 e. The molecule has 2 N–H and O–H groups in total. The Hall–Kier alpha value is -1.69. The zero-order valence-electron chi connectivity index (χ0n) is 15.8. The van der Waals surface area contributed by atoms with Crippen LogP contribution in [0, 0.1) is 0 Å². The molecule has 0 amide bonds. The van der Waals surface area contributed by atoms with Gasteiger partial charge in [0, 0.05) is 25.8 Å². The molecule has 142 valence electrons. The topological polar surface area (TPSA) is 44.6 Å². The first-order valence-electron chi connectivity index (χ1n) is 8.65. The van der Waals surface area contributed by atoms with Crippen molar-refractivity contribution >= 4 is 29.2 Å². The van der Waals surface area contributed by atoms with Crippen LogP contribution in [0.5, 0.6) is 0 Å². The Kier molecular flexibility index (Phi) is 7.82. The number of nitrogens with zero attached hydrogens (tertiary/aromatic N) is 3. The largest absolute Gasteiger partial charge is 0.357 e. The summed E-state index contributed by atoms with van der Waals surface area (Å²) in [4.78, 5) is 6.89. The lowest BCUT2D eigenvalue weighted by atomic mass is 10.1. The van der Waals surface area contributed by atoms with Gasteiger partial charge in [0.05, 0.1) is 18.1 Å². The van der Waals surface area contributed by atoms with Crippen molar-refractivity contribution in [2.24, 2.45) is 12.0 Å². The molecule has 0 aliphatic carbocycles. The van der Waals surface area contributed by atoms with Crippen LogP contribution < -0.4 is 10.6 Å². The number of aliphatic imine (C=N–C) groups is 1. The Morgan fingerprint density at radius 3 is 2.42 bits per heavy atom. The normalized spacial score (nSPS) is 11.9. The van der Waals surface area contributed by atoms with E-state index in [9.17, 15) is 0 Å². The van der Waals surface area contributed by atoms with Gasteiger partial charge >= 0.3 is 0 Å². The molecule has 0 aliphatic rings. The number of nitrogens with one attached hydrogen (secondary N) is 2. The van der Waals surface area contributed by atoms with E-state index < -0.39 is 0 Å². The number of hydrogen-bond acceptors (Lipinski definition) is 2. The van der Waals surface area contributed by atoms with E-state index >= 15 is 0 Å². The van der Waals surface area contributed by atoms with Gasteiger partial charge in [-0.05, 0) is 38.2 Å². The first-order chi connectivity index (χ1) is 12.4. The summed E-state index contributed by atoms with van der Waals surface area (Å²) in [5, 5.41) is 7.72. The van der Waals surface area contributed by atoms with E-state index in [4.69, 9.17) is 28.2 Å². The van der Waals surface area contributed by atoms with Crippen molar-refractivity contribution in [1.82, 2.24) is 20.1 Å². The van der Waals surface area contributed by atoms with Crippen molar-refractivity contribution in [2.45, 2.75) is 26.6 Å². The molecule has 1 heterocycles. The van der Waals surface area contributed by atoms with Gasteiger partial charge in [-0.25, -0.2) is 4.99 Å². The minimum absolute atomic E-state index is 0.544. The highest BCUT2D eigenvalue weighted by Gasteiger charge is 2.09. The van der Waals surface area contributed by atoms with Crippen molar-refractivity contribution in [3.05, 3.63) is 57.3 Å². The number of hydrogen-bond donors (Lipinski definition) is 2. The maximum absolute atomic E-state index is 6.13. The zero-order valence-corrected chi connectivity index (χ0v) is 17.3. The van der Waals surface area contributed by atoms with Crippen LogP contribution >= 0.6 is 23.2 Å². The molecule has 0 bridgehead atoms. The van der Waals surface area contributed by atoms with E-state index in [1.807, 2.05) is 24.6 Å². The van der Waals surface area contributed by atoms with E-state index in [1.165, 1.54) is 11.1 Å². The summed E-state index contributed by atoms with van der Waals surface area (Å²) in [6, 6.07) is 10.3. The van der Waals surface area contributed by atoms with Gasteiger partial charge < -0.3 is 20.1 Å². The second-order valence-electron chi connectivity index (χ2n) is 6.39. The van der Waals surface area contributed by atoms with Crippen molar-refractivity contribution in [3.8, 4) is 0 Å². The lowest BCUT2D eigenvalue weighted by molar-refractivity contribution is 0.401. The molecule has 0 saturated heterocycles. The Morgan fingerprint density at radius 1 is 1.15 bits per heavy atom. The van der Waals surface area contributed by atoms with Gasteiger partial charge in [0.25, 0.3) is 0 Å². The third-order valence-corrected chi connectivity index (χ3v) is 4.85. The van der Waals surface area contributed by atoms with E-state index in [1.54, 1.807) is 0 Å². The molecule has 0 fully saturated rings. The molecule has 5 nitrogen and oxygen atoms in total. The lowest BCUT2D eigenvalue weighted by Crippen LogP contribution is -2.37. The highest BCUT2D eigenvalue weighted by Crippen LogP contribution is 2.24. The van der Waals surface area contributed by atoms with Crippen molar-refractivity contribution in [3.63, 3.8) is 0 Å². The van der Waals surface area contributed by atoms with E-state index in [2.05, 4.69) is 53.9 Å². The van der Waals surface area contributed by atoms with Crippen LogP contribution in [0.25, 0.3) is 0 Å². The first kappa shape index (κ1) is 20.6. The molecule has 1 aromatic carbocycles. The molecule has 0 radical (unpaired) electrons. The van der Waals surface area contributed by atoms with Crippen LogP contribution in [0.3, 0.4) is 0 Å². The Labute approximate surface area is 166 Å². The van der Waals surface area contributed by atoms with Crippen molar-refractivity contribution in [2.75, 3.05) is 20.6 Å². The van der Waals surface area contributed by atoms with Crippen molar-refractivity contribution < 1.29 is 0 Å². The van der Waals surface area contributed by atoms with Crippen molar-refractivity contribution in [1.29, 1.82) is 0 Å². The quantitative estimate of drug-likeness (QED) is 0.555. The summed E-state index contributed by atoms with van der Waals surface area (Å²) in [7, 11) is 6.04. The average Bonchev–Trinajstić information content (AvgIpc) is 2.85. The number of halogens is 2. The summed E-state index contributed by atoms with van der Waals surface area (Å²) in [5.74, 6) is 0.764. The Morgan fingerprint density at radius 2 is 1.85 bits per heavy atom. The molecule has 2 rings (SSSR count). The van der Waals surface area contributed by atoms with Gasteiger partial charge in [0.2, 0.25) is 0 Å². The Balaban J connectivity index is 2.08. The number of rotatable bonds is 7. The highest BCUT2D eigenvalue weighted by atomic mass is 35.5. The summed E-state index contributed by atoms with van der Waals surface area (Å²) in [6.45, 7) is 4.95. The predicted molar refractivity (Wildman–Crippen MR) is 111 cm³/mol. The molecule has 0 aliphatic heterocycles. The van der Waals surface area contributed by atoms with Crippen LogP contribution in [0.1, 0.15) is 23.7 Å². The molecule has 0 saturated carbocycles. The number of aromatic nitrogens is 1. The summed E-state index contributed by atoms with van der Waals surface area (Å²) in [5.41, 5.74) is 3.51. The fourth-order valence-electron chi connectivity index (χ4n) is 2.65. The van der Waals surface area contributed by atoms with Crippen LogP contribution in [0.4, 0.5) is 0 Å². The van der Waals surface area contributed by atoms with Gasteiger partial charge in [0.15, 0.2) is 5.96 Å². The fraction of sp³-hybridized carbons (Fsp3) is 0.421. The maximum atomic E-state index is 6.13. The van der Waals surface area contributed by atoms with Crippen LogP contribution in [0.2, 0.25) is 10.2 Å². The second kappa shape index (κ2) is 9.86. The third kappa shape index (κ3) is 5.66. The number of guanidine groups is 1. The monoisotopic (exact) mass is 395 g/mol. The molecule has 0 atom stereocenters. The predicted octanol–water partition coefficient (Wildman–Crippen LogP) is 3.65. The van der Waals surface area contributed by atoms with Crippen LogP contribution in [-0.2, 0) is 26.7 Å². The van der Waals surface area contributed by atoms with Crippen LogP contribution in [-0.4, -0.2) is 36.1 Å². The summed E-state index contributed by atoms with van der Waals surface area (Å²) < 4.78 is 1.87. The number of benzene rings is 1. The van der Waals surface area contributed by atoms with Gasteiger partial charge in [-0.3, -0.25) is 0 Å². The molecular weight excluding hydrogens is 369 g/mol. The van der Waals surface area contributed by atoms with Gasteiger partial charge in [-0.1, -0.05) is 47.5 Å². The average molecular weight is 396 g/mol. The molecule has 0 spiro atoms. The molecule has 2 aromatic rings. The standard InChI is InChI=1S/C19H27Cl2N5/c1-5-22-19(24-12-16-10-17(20)18(21)26(16)4)23-11-14-8-6-7-9-15(14)13-25(2)3/h6-10H,5,11-13H2,1-4H3,(H2,22,23,24). The van der Waals surface area contributed by atoms with E-state index in [0.29, 0.717) is 23.3 Å². The zero-order chi connectivity index (χ0) is 19.1. The van der Waals surface area contributed by atoms with E-state index in [-0.39, 0.29) is 0 Å². The van der Waals surface area contributed by atoms with Gasteiger partial charge in [-0.15, -0.1) is 0 Å². The second-order valence-corrected chi connectivity index (χ2v) is 7.15. The minimum atomic E-state index is 0.544. The molecule has 1 aromatic heterocycles. The molecule has 0 unspecified atom stereocenters. The highest BCUT2D eigenvalue weighted by molar-refractivity contribution is 6.41. The van der Waals surface area contributed by atoms with E-state index in [0.717, 1.165) is 24.7 Å². The summed E-state index contributed by atoms with van der Waals surface area (Å²) >= 11 is 12.2. The third-order valence-electron chi connectivity index (χ3n) is 4.01. The van der Waals surface area contributed by atoms with Gasteiger partial charge in [-0.2, -0.15) is 0 Å². The first-order valence-corrected chi connectivity index (χ1v) is 9.41. The molecular formula is C19H27Cl2N5. The Bertz CT molecular complexity index is 752. The van der Waals surface area contributed by atoms with Gasteiger partial charge in [0.1, 0.15) is 5.15 Å². The fourth-order valence-corrected chi connectivity index (χ4v) is 3.06. The maximum Gasteiger partial charge on any atom is 0.191 e. The lowest BCUT2D eigenvalue weighted by Gasteiger charge is -2.15. The van der Waals surface area contributed by atoms with Crippen LogP contribution in [0.15, 0.2) is 35.3 Å².